The summed E-state index contributed by atoms with van der Waals surface area (Å²) < 4.78 is 0. The van der Waals surface area contributed by atoms with Gasteiger partial charge in [0.1, 0.15) is 0 Å². The zero-order chi connectivity index (χ0) is 13.9. The van der Waals surface area contributed by atoms with Crippen LogP contribution in [0.3, 0.4) is 0 Å². The van der Waals surface area contributed by atoms with Crippen molar-refractivity contribution < 1.29 is 4.79 Å². The minimum Gasteiger partial charge on any atom is -0.360 e. The average molecular weight is 282 g/mol. The van der Waals surface area contributed by atoms with Gasteiger partial charge in [0.15, 0.2) is 0 Å². The summed E-state index contributed by atoms with van der Waals surface area (Å²) in [5.74, 6) is -0.0953. The fourth-order valence-electron chi connectivity index (χ4n) is 2.43. The van der Waals surface area contributed by atoms with E-state index in [9.17, 15) is 4.79 Å². The van der Waals surface area contributed by atoms with Crippen molar-refractivity contribution in [3.8, 4) is 0 Å². The third kappa shape index (κ3) is 3.43. The molecule has 1 aliphatic carbocycles. The second-order valence-corrected chi connectivity index (χ2v) is 6.72. The van der Waals surface area contributed by atoms with Crippen molar-refractivity contribution in [2.75, 3.05) is 11.9 Å². The van der Waals surface area contributed by atoms with E-state index >= 15 is 0 Å². The lowest BCUT2D eigenvalue weighted by atomic mass is 9.87. The number of aromatic nitrogens is 2. The van der Waals surface area contributed by atoms with Crippen molar-refractivity contribution in [2.45, 2.75) is 52.5 Å². The Kier molecular flexibility index (Phi) is 4.39. The van der Waals surface area contributed by atoms with Gasteiger partial charge in [-0.25, -0.2) is 0 Å². The first-order valence-corrected chi connectivity index (χ1v) is 7.73. The first-order valence-electron chi connectivity index (χ1n) is 6.91. The van der Waals surface area contributed by atoms with Gasteiger partial charge in [0.2, 0.25) is 10.1 Å². The van der Waals surface area contributed by atoms with Crippen LogP contribution in [0.15, 0.2) is 0 Å². The zero-order valence-corrected chi connectivity index (χ0v) is 12.6. The molecule has 0 spiro atoms. The summed E-state index contributed by atoms with van der Waals surface area (Å²) in [5.41, 5.74) is 0.184. The van der Waals surface area contributed by atoms with E-state index in [2.05, 4.69) is 41.6 Å². The minimum absolute atomic E-state index is 0.0953. The van der Waals surface area contributed by atoms with Crippen molar-refractivity contribution in [1.29, 1.82) is 0 Å². The van der Waals surface area contributed by atoms with Crippen LogP contribution in [0.1, 0.15) is 56.3 Å². The fourth-order valence-corrected chi connectivity index (χ4v) is 3.10. The standard InChI is InChI=1S/C13H22N4OS/c1-4-8-14-12-17-16-11(19-12)10(18)15-9-6-5-7-13(9,2)3/h9H,4-8H2,1-3H3,(H,14,17)(H,15,18). The molecule has 6 heteroatoms. The molecule has 1 fully saturated rings. The Hall–Kier alpha value is -1.17. The molecule has 0 radical (unpaired) electrons. The van der Waals surface area contributed by atoms with Crippen LogP contribution in [0.25, 0.3) is 0 Å². The highest BCUT2D eigenvalue weighted by Gasteiger charge is 2.35. The van der Waals surface area contributed by atoms with Crippen LogP contribution in [-0.4, -0.2) is 28.7 Å². The molecule has 106 valence electrons. The Bertz CT molecular complexity index is 444. The molecule has 1 saturated carbocycles. The molecule has 2 rings (SSSR count). The lowest BCUT2D eigenvalue weighted by molar-refractivity contribution is 0.0909. The molecular weight excluding hydrogens is 260 g/mol. The van der Waals surface area contributed by atoms with Gasteiger partial charge in [-0.05, 0) is 24.7 Å². The number of nitrogens with one attached hydrogen (secondary N) is 2. The predicted octanol–water partition coefficient (Wildman–Crippen LogP) is 2.67. The molecule has 1 atom stereocenters. The van der Waals surface area contributed by atoms with Gasteiger partial charge in [0.05, 0.1) is 0 Å². The number of amides is 1. The molecular formula is C13H22N4OS. The Labute approximate surface area is 118 Å². The summed E-state index contributed by atoms with van der Waals surface area (Å²) >= 11 is 1.32. The maximum atomic E-state index is 12.1. The quantitative estimate of drug-likeness (QED) is 0.871. The lowest BCUT2D eigenvalue weighted by Crippen LogP contribution is -2.41. The van der Waals surface area contributed by atoms with Gasteiger partial charge >= 0.3 is 0 Å². The number of carbonyl (C=O) groups excluding carboxylic acids is 1. The molecule has 1 aliphatic rings. The fraction of sp³-hybridized carbons (Fsp3) is 0.769. The van der Waals surface area contributed by atoms with Gasteiger partial charge in [-0.15, -0.1) is 10.2 Å². The number of carbonyl (C=O) groups is 1. The van der Waals surface area contributed by atoms with E-state index in [-0.39, 0.29) is 17.4 Å². The molecule has 1 aromatic rings. The predicted molar refractivity (Wildman–Crippen MR) is 77.6 cm³/mol. The molecule has 0 aromatic carbocycles. The molecule has 1 unspecified atom stereocenters. The number of anilines is 1. The Morgan fingerprint density at radius 1 is 1.47 bits per heavy atom. The average Bonchev–Trinajstić information content (AvgIpc) is 2.94. The molecule has 19 heavy (non-hydrogen) atoms. The third-order valence-corrected chi connectivity index (χ3v) is 4.59. The molecule has 1 amide bonds. The molecule has 5 nitrogen and oxygen atoms in total. The van der Waals surface area contributed by atoms with Gasteiger partial charge in [-0.2, -0.15) is 0 Å². The minimum atomic E-state index is -0.0953. The molecule has 1 aromatic heterocycles. The van der Waals surface area contributed by atoms with Crippen LogP contribution in [-0.2, 0) is 0 Å². The molecule has 1 heterocycles. The first-order chi connectivity index (χ1) is 9.03. The third-order valence-electron chi connectivity index (χ3n) is 3.71. The maximum absolute atomic E-state index is 12.1. The van der Waals surface area contributed by atoms with E-state index in [0.717, 1.165) is 30.9 Å². The van der Waals surface area contributed by atoms with Crippen LogP contribution < -0.4 is 10.6 Å². The summed E-state index contributed by atoms with van der Waals surface area (Å²) in [6, 6.07) is 0.246. The number of hydrogen-bond acceptors (Lipinski definition) is 5. The van der Waals surface area contributed by atoms with Crippen molar-refractivity contribution in [3.63, 3.8) is 0 Å². The topological polar surface area (TPSA) is 66.9 Å². The van der Waals surface area contributed by atoms with E-state index in [1.807, 2.05) is 0 Å². The van der Waals surface area contributed by atoms with Crippen LogP contribution in [0.5, 0.6) is 0 Å². The smallest absolute Gasteiger partial charge is 0.282 e. The number of hydrogen-bond donors (Lipinski definition) is 2. The SMILES string of the molecule is CCCNc1nnc(C(=O)NC2CCCC2(C)C)s1. The zero-order valence-electron chi connectivity index (χ0n) is 11.8. The van der Waals surface area contributed by atoms with Gasteiger partial charge in [0, 0.05) is 12.6 Å². The van der Waals surface area contributed by atoms with Crippen molar-refractivity contribution in [2.24, 2.45) is 5.41 Å². The monoisotopic (exact) mass is 282 g/mol. The second kappa shape index (κ2) is 5.86. The van der Waals surface area contributed by atoms with E-state index in [4.69, 9.17) is 0 Å². The van der Waals surface area contributed by atoms with Crippen LogP contribution in [0, 0.1) is 5.41 Å². The van der Waals surface area contributed by atoms with Crippen molar-refractivity contribution in [1.82, 2.24) is 15.5 Å². The number of nitrogens with zero attached hydrogens (tertiary/aromatic N) is 2. The van der Waals surface area contributed by atoms with E-state index in [1.54, 1.807) is 0 Å². The summed E-state index contributed by atoms with van der Waals surface area (Å²) in [5, 5.41) is 15.3. The van der Waals surface area contributed by atoms with Gasteiger partial charge in [-0.1, -0.05) is 38.5 Å². The number of rotatable bonds is 5. The van der Waals surface area contributed by atoms with Gasteiger partial charge in [-0.3, -0.25) is 4.79 Å². The molecule has 0 bridgehead atoms. The van der Waals surface area contributed by atoms with Crippen LogP contribution in [0.4, 0.5) is 5.13 Å². The van der Waals surface area contributed by atoms with E-state index in [1.165, 1.54) is 17.8 Å². The highest BCUT2D eigenvalue weighted by atomic mass is 32.1. The highest BCUT2D eigenvalue weighted by molar-refractivity contribution is 7.17. The normalized spacial score (nSPS) is 21.3. The van der Waals surface area contributed by atoms with E-state index in [0.29, 0.717) is 5.01 Å². The molecule has 2 N–H and O–H groups in total. The lowest BCUT2D eigenvalue weighted by Gasteiger charge is -2.27. The van der Waals surface area contributed by atoms with Crippen LogP contribution >= 0.6 is 11.3 Å². The summed E-state index contributed by atoms with van der Waals surface area (Å²) in [6.07, 6.45) is 4.42. The highest BCUT2D eigenvalue weighted by Crippen LogP contribution is 2.37. The summed E-state index contributed by atoms with van der Waals surface area (Å²) in [7, 11) is 0. The first kappa shape index (κ1) is 14.2. The van der Waals surface area contributed by atoms with Gasteiger partial charge < -0.3 is 10.6 Å². The van der Waals surface area contributed by atoms with Gasteiger partial charge in [0.25, 0.3) is 5.91 Å². The second-order valence-electron chi connectivity index (χ2n) is 5.75. The molecule has 0 aliphatic heterocycles. The Morgan fingerprint density at radius 2 is 2.26 bits per heavy atom. The van der Waals surface area contributed by atoms with Crippen molar-refractivity contribution in [3.05, 3.63) is 5.01 Å². The van der Waals surface area contributed by atoms with E-state index < -0.39 is 0 Å². The summed E-state index contributed by atoms with van der Waals surface area (Å²) in [4.78, 5) is 12.1. The largest absolute Gasteiger partial charge is 0.360 e. The Morgan fingerprint density at radius 3 is 2.89 bits per heavy atom. The Balaban J connectivity index is 1.94. The van der Waals surface area contributed by atoms with Crippen molar-refractivity contribution >= 4 is 22.4 Å². The summed E-state index contributed by atoms with van der Waals surface area (Å²) in [6.45, 7) is 7.36. The van der Waals surface area contributed by atoms with Crippen LogP contribution in [0.2, 0.25) is 0 Å². The maximum Gasteiger partial charge on any atom is 0.282 e. The molecule has 0 saturated heterocycles.